The summed E-state index contributed by atoms with van der Waals surface area (Å²) in [6, 6.07) is 0. The molecule has 0 unspecified atom stereocenters. The van der Waals surface area contributed by atoms with E-state index in [0.29, 0.717) is 11.3 Å². The largest absolute Gasteiger partial charge is 0.265 e. The fourth-order valence-electron chi connectivity index (χ4n) is 1.71. The van der Waals surface area contributed by atoms with E-state index in [4.69, 9.17) is 0 Å². The molecule has 2 rings (SSSR count). The average Bonchev–Trinajstić information content (AvgIpc) is 2.61. The Morgan fingerprint density at radius 1 is 1.55 bits per heavy atom. The summed E-state index contributed by atoms with van der Waals surface area (Å²) >= 11 is 0. The van der Waals surface area contributed by atoms with Gasteiger partial charge in [0.05, 0.1) is 5.69 Å². The molecular weight excluding hydrogens is 138 g/mol. The summed E-state index contributed by atoms with van der Waals surface area (Å²) in [4.78, 5) is 0. The fraction of sp³-hybridized carbons (Fsp3) is 0.750. The van der Waals surface area contributed by atoms with Gasteiger partial charge in [0.1, 0.15) is 0 Å². The van der Waals surface area contributed by atoms with Crippen LogP contribution >= 0.6 is 0 Å². The highest BCUT2D eigenvalue weighted by molar-refractivity contribution is 5.21. The Bertz CT molecular complexity index is 234. The van der Waals surface area contributed by atoms with Gasteiger partial charge in [0, 0.05) is 11.6 Å². The highest BCUT2D eigenvalue weighted by Crippen LogP contribution is 2.52. The van der Waals surface area contributed by atoms with Crippen LogP contribution in [0.1, 0.15) is 32.4 Å². The number of hydrogen-bond donors (Lipinski definition) is 1. The summed E-state index contributed by atoms with van der Waals surface area (Å²) in [5.74, 6) is 0.688. The van der Waals surface area contributed by atoms with Gasteiger partial charge in [0.2, 0.25) is 0 Å². The first-order chi connectivity index (χ1) is 5.26. The molecule has 1 fully saturated rings. The Kier molecular flexibility index (Phi) is 1.28. The lowest BCUT2D eigenvalue weighted by Crippen LogP contribution is -2.14. The van der Waals surface area contributed by atoms with Crippen LogP contribution in [0.15, 0.2) is 6.20 Å². The van der Waals surface area contributed by atoms with E-state index >= 15 is 0 Å². The summed E-state index contributed by atoms with van der Waals surface area (Å²) < 4.78 is 0. The predicted octanol–water partition coefficient (Wildman–Crippen LogP) is 1.49. The van der Waals surface area contributed by atoms with Crippen molar-refractivity contribution < 1.29 is 0 Å². The minimum Gasteiger partial charge on any atom is -0.265 e. The molecule has 0 bridgehead atoms. The van der Waals surface area contributed by atoms with Gasteiger partial charge in [-0.25, -0.2) is 0 Å². The van der Waals surface area contributed by atoms with Crippen LogP contribution in [-0.2, 0) is 5.41 Å². The van der Waals surface area contributed by atoms with Gasteiger partial charge in [-0.1, -0.05) is 19.1 Å². The van der Waals surface area contributed by atoms with Gasteiger partial charge < -0.3 is 0 Å². The van der Waals surface area contributed by atoms with Crippen molar-refractivity contribution in [3.05, 3.63) is 11.9 Å². The molecule has 1 aromatic rings. The zero-order chi connectivity index (χ0) is 7.90. The van der Waals surface area contributed by atoms with E-state index in [0.717, 1.165) is 5.69 Å². The summed E-state index contributed by atoms with van der Waals surface area (Å²) in [5, 5.41) is 10.6. The molecule has 3 heteroatoms. The van der Waals surface area contributed by atoms with Gasteiger partial charge >= 0.3 is 0 Å². The number of rotatable bonds is 2. The maximum Gasteiger partial charge on any atom is 0.0888 e. The predicted molar refractivity (Wildman–Crippen MR) is 42.1 cm³/mol. The number of nitrogens with one attached hydrogen (secondary N) is 1. The molecule has 60 valence electrons. The molecule has 1 heterocycles. The molecule has 1 saturated carbocycles. The van der Waals surface area contributed by atoms with Crippen molar-refractivity contribution >= 4 is 0 Å². The highest BCUT2D eigenvalue weighted by Gasteiger charge is 2.48. The van der Waals surface area contributed by atoms with E-state index in [1.54, 1.807) is 0 Å². The van der Waals surface area contributed by atoms with Crippen molar-refractivity contribution in [1.82, 2.24) is 15.4 Å². The number of H-pyrrole nitrogens is 1. The zero-order valence-corrected chi connectivity index (χ0v) is 6.96. The lowest BCUT2D eigenvalue weighted by molar-refractivity contribution is 0.469. The Morgan fingerprint density at radius 2 is 2.27 bits per heavy atom. The third-order valence-corrected chi connectivity index (χ3v) is 2.82. The topological polar surface area (TPSA) is 41.6 Å². The molecule has 0 saturated heterocycles. The van der Waals surface area contributed by atoms with Crippen LogP contribution in [0.2, 0.25) is 0 Å². The third-order valence-electron chi connectivity index (χ3n) is 2.82. The average molecular weight is 151 g/mol. The molecule has 0 amide bonds. The van der Waals surface area contributed by atoms with E-state index in [2.05, 4.69) is 29.3 Å². The van der Waals surface area contributed by atoms with E-state index < -0.39 is 0 Å². The molecule has 1 aromatic heterocycles. The summed E-state index contributed by atoms with van der Waals surface area (Å²) in [5.41, 5.74) is 1.51. The van der Waals surface area contributed by atoms with Gasteiger partial charge in [0.25, 0.3) is 0 Å². The smallest absolute Gasteiger partial charge is 0.0888 e. The molecule has 1 aliphatic rings. The van der Waals surface area contributed by atoms with Crippen molar-refractivity contribution in [2.45, 2.75) is 32.1 Å². The summed E-state index contributed by atoms with van der Waals surface area (Å²) in [6.45, 7) is 4.50. The van der Waals surface area contributed by atoms with Crippen LogP contribution < -0.4 is 0 Å². The van der Waals surface area contributed by atoms with Crippen LogP contribution in [0.3, 0.4) is 0 Å². The molecule has 1 aliphatic carbocycles. The molecular formula is C8H13N3. The minimum atomic E-state index is 0.368. The van der Waals surface area contributed by atoms with E-state index in [1.807, 2.05) is 6.20 Å². The van der Waals surface area contributed by atoms with Gasteiger partial charge in [-0.15, -0.1) is 5.10 Å². The van der Waals surface area contributed by atoms with Crippen LogP contribution in [0.5, 0.6) is 0 Å². The Hall–Kier alpha value is -0.860. The SMILES string of the molecule is CC(C)C1(c2c[nH]nn2)CC1. The molecule has 3 nitrogen and oxygen atoms in total. The molecule has 0 atom stereocenters. The summed E-state index contributed by atoms with van der Waals surface area (Å²) in [6.07, 6.45) is 4.47. The standard InChI is InChI=1S/C8H13N3/c1-6(2)8(3-4-8)7-5-9-11-10-7/h5-6H,3-4H2,1-2H3,(H,9,10,11). The van der Waals surface area contributed by atoms with Crippen molar-refractivity contribution in [3.8, 4) is 0 Å². The molecule has 0 aliphatic heterocycles. The Morgan fingerprint density at radius 3 is 2.64 bits per heavy atom. The second-order valence-corrected chi connectivity index (χ2v) is 3.67. The zero-order valence-electron chi connectivity index (χ0n) is 6.96. The lowest BCUT2D eigenvalue weighted by atomic mass is 9.90. The van der Waals surface area contributed by atoms with Crippen molar-refractivity contribution in [2.75, 3.05) is 0 Å². The normalized spacial score (nSPS) is 20.6. The summed E-state index contributed by atoms with van der Waals surface area (Å²) in [7, 11) is 0. The first kappa shape index (κ1) is 6.83. The fourth-order valence-corrected chi connectivity index (χ4v) is 1.71. The van der Waals surface area contributed by atoms with Crippen molar-refractivity contribution in [3.63, 3.8) is 0 Å². The minimum absolute atomic E-state index is 0.368. The molecule has 11 heavy (non-hydrogen) atoms. The number of nitrogens with zero attached hydrogens (tertiary/aromatic N) is 2. The Labute approximate surface area is 66.2 Å². The number of hydrogen-bond acceptors (Lipinski definition) is 2. The van der Waals surface area contributed by atoms with Crippen LogP contribution in [0.4, 0.5) is 0 Å². The van der Waals surface area contributed by atoms with Gasteiger partial charge in [0.15, 0.2) is 0 Å². The third kappa shape index (κ3) is 0.870. The second-order valence-electron chi connectivity index (χ2n) is 3.67. The van der Waals surface area contributed by atoms with Gasteiger partial charge in [-0.3, -0.25) is 5.10 Å². The van der Waals surface area contributed by atoms with Crippen LogP contribution in [-0.4, -0.2) is 15.4 Å². The molecule has 0 radical (unpaired) electrons. The maximum atomic E-state index is 4.07. The maximum absolute atomic E-state index is 4.07. The van der Waals surface area contributed by atoms with Crippen molar-refractivity contribution in [2.24, 2.45) is 5.92 Å². The van der Waals surface area contributed by atoms with Gasteiger partial charge in [-0.2, -0.15) is 0 Å². The molecule has 1 N–H and O–H groups in total. The quantitative estimate of drug-likeness (QED) is 0.695. The highest BCUT2D eigenvalue weighted by atomic mass is 15.3. The van der Waals surface area contributed by atoms with E-state index in [-0.39, 0.29) is 0 Å². The first-order valence-corrected chi connectivity index (χ1v) is 4.13. The lowest BCUT2D eigenvalue weighted by Gasteiger charge is -2.15. The Balaban J connectivity index is 2.29. The molecule has 0 spiro atoms. The van der Waals surface area contributed by atoms with Crippen LogP contribution in [0.25, 0.3) is 0 Å². The number of aromatic amines is 1. The molecule has 0 aromatic carbocycles. The van der Waals surface area contributed by atoms with E-state index in [1.165, 1.54) is 12.8 Å². The van der Waals surface area contributed by atoms with Crippen molar-refractivity contribution in [1.29, 1.82) is 0 Å². The second kappa shape index (κ2) is 2.06. The van der Waals surface area contributed by atoms with E-state index in [9.17, 15) is 0 Å². The first-order valence-electron chi connectivity index (χ1n) is 4.13. The monoisotopic (exact) mass is 151 g/mol. The number of aromatic nitrogens is 3. The van der Waals surface area contributed by atoms with Gasteiger partial charge in [-0.05, 0) is 18.8 Å². The van der Waals surface area contributed by atoms with Crippen LogP contribution in [0, 0.1) is 5.92 Å².